The molecule has 0 saturated carbocycles. The van der Waals surface area contributed by atoms with Crippen molar-refractivity contribution >= 4 is 23.2 Å². The predicted octanol–water partition coefficient (Wildman–Crippen LogP) is 6.43. The lowest BCUT2D eigenvalue weighted by molar-refractivity contribution is 0.223. The lowest BCUT2D eigenvalue weighted by atomic mass is 9.84. The van der Waals surface area contributed by atoms with Gasteiger partial charge in [0.05, 0.1) is 30.3 Å². The molecule has 0 aliphatic carbocycles. The van der Waals surface area contributed by atoms with E-state index in [2.05, 4.69) is 68.7 Å². The molecule has 2 atom stereocenters. The van der Waals surface area contributed by atoms with Gasteiger partial charge in [-0.3, -0.25) is 4.99 Å². The molecule has 6 nitrogen and oxygen atoms in total. The Balaban J connectivity index is 1.64. The number of fused-ring (bicyclic) bond motifs is 1. The Bertz CT molecular complexity index is 1010. The Kier molecular flexibility index (Phi) is 9.69. The number of likely N-dealkylation sites (tertiary alicyclic amines) is 1. The van der Waals surface area contributed by atoms with Crippen LogP contribution >= 0.6 is 11.8 Å². The number of amidine groups is 1. The minimum absolute atomic E-state index is 0.0677. The van der Waals surface area contributed by atoms with Crippen LogP contribution in [0.2, 0.25) is 0 Å². The molecule has 0 spiro atoms. The zero-order chi connectivity index (χ0) is 24.5. The van der Waals surface area contributed by atoms with Crippen molar-refractivity contribution in [2.24, 2.45) is 16.1 Å². The van der Waals surface area contributed by atoms with Crippen molar-refractivity contribution < 1.29 is 0 Å². The highest BCUT2D eigenvalue weighted by molar-refractivity contribution is 8.02. The van der Waals surface area contributed by atoms with Crippen LogP contribution in [0.15, 0.2) is 76.2 Å². The van der Waals surface area contributed by atoms with Crippen LogP contribution in [0.1, 0.15) is 51.3 Å². The Hall–Kier alpha value is -2.67. The van der Waals surface area contributed by atoms with E-state index in [1.54, 1.807) is 11.8 Å². The van der Waals surface area contributed by atoms with Crippen LogP contribution in [0.5, 0.6) is 0 Å². The zero-order valence-electron chi connectivity index (χ0n) is 20.9. The average molecular weight is 480 g/mol. The number of aromatic nitrogens is 2. The SMILES string of the molecule is C=CC1=C(/C=C\C)C(CC(N=O)C2CCN(C(C/C=C/C=C(\C)SC)=NC)CC2)n2cncc21. The van der Waals surface area contributed by atoms with E-state index in [9.17, 15) is 4.91 Å². The van der Waals surface area contributed by atoms with Gasteiger partial charge < -0.3 is 9.47 Å². The maximum atomic E-state index is 12.0. The normalized spacial score (nSPS) is 21.1. The Labute approximate surface area is 208 Å². The van der Waals surface area contributed by atoms with Gasteiger partial charge in [-0.15, -0.1) is 11.8 Å². The first-order chi connectivity index (χ1) is 16.6. The summed E-state index contributed by atoms with van der Waals surface area (Å²) < 4.78 is 2.17. The summed E-state index contributed by atoms with van der Waals surface area (Å²) in [6.07, 6.45) is 21.7. The second-order valence-corrected chi connectivity index (χ2v) is 9.81. The van der Waals surface area contributed by atoms with Crippen LogP contribution in [-0.2, 0) is 0 Å². The molecule has 0 N–H and O–H groups in total. The van der Waals surface area contributed by atoms with Crippen molar-refractivity contribution in [2.75, 3.05) is 26.4 Å². The number of hydrogen-bond donors (Lipinski definition) is 0. The fourth-order valence-electron chi connectivity index (χ4n) is 4.98. The third-order valence-electron chi connectivity index (χ3n) is 6.89. The monoisotopic (exact) mass is 479 g/mol. The molecule has 3 heterocycles. The maximum absolute atomic E-state index is 12.0. The summed E-state index contributed by atoms with van der Waals surface area (Å²) in [7, 11) is 1.86. The molecule has 182 valence electrons. The zero-order valence-corrected chi connectivity index (χ0v) is 21.7. The number of hydrogen-bond acceptors (Lipinski definition) is 5. The van der Waals surface area contributed by atoms with Crippen LogP contribution in [0.4, 0.5) is 0 Å². The van der Waals surface area contributed by atoms with E-state index < -0.39 is 0 Å². The summed E-state index contributed by atoms with van der Waals surface area (Å²) in [5, 5.41) is 3.63. The van der Waals surface area contributed by atoms with E-state index in [0.717, 1.165) is 49.5 Å². The fraction of sp³-hybridized carbons (Fsp3) is 0.481. The second kappa shape index (κ2) is 12.7. The molecule has 1 saturated heterocycles. The lowest BCUT2D eigenvalue weighted by Crippen LogP contribution is -2.41. The minimum atomic E-state index is -0.228. The first-order valence-corrected chi connectivity index (χ1v) is 13.2. The molecule has 3 rings (SSSR count). The van der Waals surface area contributed by atoms with Gasteiger partial charge in [-0.05, 0) is 55.8 Å². The maximum Gasteiger partial charge on any atom is 0.102 e. The first kappa shape index (κ1) is 25.9. The number of piperidine rings is 1. The van der Waals surface area contributed by atoms with Gasteiger partial charge in [0.2, 0.25) is 0 Å². The molecular weight excluding hydrogens is 442 g/mol. The number of nitrogens with zero attached hydrogens (tertiary/aromatic N) is 5. The van der Waals surface area contributed by atoms with Gasteiger partial charge in [0, 0.05) is 32.1 Å². The number of allylic oxidation sites excluding steroid dienone is 8. The molecule has 0 amide bonds. The molecule has 1 fully saturated rings. The summed E-state index contributed by atoms with van der Waals surface area (Å²) in [5.41, 5.74) is 3.35. The van der Waals surface area contributed by atoms with Gasteiger partial charge in [-0.2, -0.15) is 4.91 Å². The summed E-state index contributed by atoms with van der Waals surface area (Å²) >= 11 is 1.75. The van der Waals surface area contributed by atoms with Crippen LogP contribution < -0.4 is 0 Å². The van der Waals surface area contributed by atoms with Crippen LogP contribution in [0.25, 0.3) is 5.57 Å². The van der Waals surface area contributed by atoms with Crippen LogP contribution in [-0.4, -0.2) is 52.7 Å². The molecule has 0 aromatic carbocycles. The molecule has 2 aliphatic heterocycles. The standard InChI is InChI=1S/C27H37N5OS/c1-6-10-23-22(7-2)26-18-29-19-32(26)25(23)17-24(30-33)21-13-15-31(16-14-21)27(28-4)12-9-8-11-20(3)34-5/h6-11,18-19,21,24-25H,2,12-17H2,1,3-5H3/b9-8+,10-6-,20-11+,28-27?. The van der Waals surface area contributed by atoms with E-state index >= 15 is 0 Å². The van der Waals surface area contributed by atoms with Gasteiger partial charge >= 0.3 is 0 Å². The van der Waals surface area contributed by atoms with Crippen molar-refractivity contribution in [3.63, 3.8) is 0 Å². The number of nitroso groups, excluding NO2 is 1. The number of aliphatic imine (C=N–C) groups is 1. The average Bonchev–Trinajstić information content (AvgIpc) is 3.44. The van der Waals surface area contributed by atoms with Crippen molar-refractivity contribution in [1.82, 2.24) is 14.5 Å². The highest BCUT2D eigenvalue weighted by atomic mass is 32.2. The van der Waals surface area contributed by atoms with Gasteiger partial charge in [0.1, 0.15) is 5.84 Å². The summed E-state index contributed by atoms with van der Waals surface area (Å²) in [6.45, 7) is 9.96. The van der Waals surface area contributed by atoms with E-state index in [4.69, 9.17) is 0 Å². The van der Waals surface area contributed by atoms with E-state index in [1.165, 1.54) is 10.5 Å². The molecule has 1 aromatic rings. The third kappa shape index (κ3) is 5.87. The molecular formula is C27H37N5OS. The van der Waals surface area contributed by atoms with Crippen molar-refractivity contribution in [3.05, 3.63) is 76.6 Å². The minimum Gasteiger partial charge on any atom is -0.360 e. The highest BCUT2D eigenvalue weighted by Crippen LogP contribution is 2.42. The quantitative estimate of drug-likeness (QED) is 0.168. The van der Waals surface area contributed by atoms with Gasteiger partial charge in [0.25, 0.3) is 0 Å². The van der Waals surface area contributed by atoms with Gasteiger partial charge in [0.15, 0.2) is 0 Å². The van der Waals surface area contributed by atoms with Gasteiger partial charge in [-0.1, -0.05) is 48.2 Å². The highest BCUT2D eigenvalue weighted by Gasteiger charge is 2.35. The number of rotatable bonds is 10. The van der Waals surface area contributed by atoms with Crippen LogP contribution in [0.3, 0.4) is 0 Å². The predicted molar refractivity (Wildman–Crippen MR) is 146 cm³/mol. The van der Waals surface area contributed by atoms with Crippen LogP contribution in [0, 0.1) is 10.8 Å². The van der Waals surface area contributed by atoms with E-state index in [0.29, 0.717) is 6.42 Å². The molecule has 2 unspecified atom stereocenters. The number of imidazole rings is 1. The molecule has 7 heteroatoms. The summed E-state index contributed by atoms with van der Waals surface area (Å²) in [5.74, 6) is 1.38. The largest absolute Gasteiger partial charge is 0.360 e. The third-order valence-corrected chi connectivity index (χ3v) is 7.67. The summed E-state index contributed by atoms with van der Waals surface area (Å²) in [4.78, 5) is 24.5. The fourth-order valence-corrected chi connectivity index (χ4v) is 5.20. The topological polar surface area (TPSA) is 62.9 Å². The lowest BCUT2D eigenvalue weighted by Gasteiger charge is -2.36. The number of thioether (sulfide) groups is 1. The smallest absolute Gasteiger partial charge is 0.102 e. The first-order valence-electron chi connectivity index (χ1n) is 12.0. The Morgan fingerprint density at radius 3 is 2.76 bits per heavy atom. The molecule has 34 heavy (non-hydrogen) atoms. The van der Waals surface area contributed by atoms with E-state index in [1.807, 2.05) is 38.6 Å². The van der Waals surface area contributed by atoms with Crippen molar-refractivity contribution in [3.8, 4) is 0 Å². The molecule has 2 aliphatic rings. The molecule has 0 radical (unpaired) electrons. The molecule has 1 aromatic heterocycles. The Morgan fingerprint density at radius 2 is 2.15 bits per heavy atom. The van der Waals surface area contributed by atoms with Crippen molar-refractivity contribution in [1.29, 1.82) is 0 Å². The van der Waals surface area contributed by atoms with Gasteiger partial charge in [-0.25, -0.2) is 4.98 Å². The van der Waals surface area contributed by atoms with Crippen molar-refractivity contribution in [2.45, 2.75) is 51.6 Å². The van der Waals surface area contributed by atoms with E-state index in [-0.39, 0.29) is 18.0 Å². The second-order valence-electron chi connectivity index (χ2n) is 8.76. The molecule has 0 bridgehead atoms. The summed E-state index contributed by atoms with van der Waals surface area (Å²) in [6, 6.07) is -0.161. The Morgan fingerprint density at radius 1 is 1.38 bits per heavy atom.